The van der Waals surface area contributed by atoms with Gasteiger partial charge in [-0.1, -0.05) is 33.1 Å². The van der Waals surface area contributed by atoms with Crippen LogP contribution in [0, 0.1) is 5.41 Å². The van der Waals surface area contributed by atoms with Crippen LogP contribution in [0.4, 0.5) is 0 Å². The average Bonchev–Trinajstić information content (AvgIpc) is 2.39. The van der Waals surface area contributed by atoms with Crippen LogP contribution in [-0.2, 0) is 4.79 Å². The third-order valence-corrected chi connectivity index (χ3v) is 5.30. The van der Waals surface area contributed by atoms with E-state index in [1.165, 1.54) is 19.3 Å². The summed E-state index contributed by atoms with van der Waals surface area (Å²) in [4.78, 5) is 14.6. The zero-order valence-electron chi connectivity index (χ0n) is 12.9. The Hall–Kier alpha value is -0.570. The Labute approximate surface area is 118 Å². The maximum Gasteiger partial charge on any atom is 0.224 e. The molecule has 3 heteroatoms. The van der Waals surface area contributed by atoms with Gasteiger partial charge in [-0.25, -0.2) is 0 Å². The minimum absolute atomic E-state index is 0.0856. The molecule has 1 heterocycles. The molecule has 0 aromatic rings. The number of likely N-dealkylation sites (tertiary alicyclic amines) is 1. The largest absolute Gasteiger partial charge is 0.343 e. The highest BCUT2D eigenvalue weighted by Crippen LogP contribution is 2.33. The standard InChI is InChI=1S/C16H30N2O/c1-15(2)9-11-18(12-10-15)14(19)13-16(17-3)7-5-4-6-8-16/h17H,4-13H2,1-3H3. The van der Waals surface area contributed by atoms with Crippen molar-refractivity contribution < 1.29 is 4.79 Å². The molecule has 2 fully saturated rings. The highest BCUT2D eigenvalue weighted by molar-refractivity contribution is 5.77. The molecule has 0 aromatic carbocycles. The van der Waals surface area contributed by atoms with Crippen LogP contribution < -0.4 is 5.32 Å². The van der Waals surface area contributed by atoms with Gasteiger partial charge in [0.05, 0.1) is 0 Å². The van der Waals surface area contributed by atoms with E-state index in [9.17, 15) is 4.79 Å². The highest BCUT2D eigenvalue weighted by Gasteiger charge is 2.35. The highest BCUT2D eigenvalue weighted by atomic mass is 16.2. The quantitative estimate of drug-likeness (QED) is 0.852. The fourth-order valence-electron chi connectivity index (χ4n) is 3.51. The van der Waals surface area contributed by atoms with E-state index in [0.717, 1.165) is 38.8 Å². The smallest absolute Gasteiger partial charge is 0.224 e. The summed E-state index contributed by atoms with van der Waals surface area (Å²) in [6, 6.07) is 0. The van der Waals surface area contributed by atoms with E-state index in [1.54, 1.807) is 0 Å². The molecule has 110 valence electrons. The van der Waals surface area contributed by atoms with E-state index in [1.807, 2.05) is 7.05 Å². The fraction of sp³-hybridized carbons (Fsp3) is 0.938. The lowest BCUT2D eigenvalue weighted by atomic mass is 9.78. The Bertz CT molecular complexity index is 309. The van der Waals surface area contributed by atoms with Gasteiger partial charge in [0, 0.05) is 25.0 Å². The molecule has 0 atom stereocenters. The lowest BCUT2D eigenvalue weighted by molar-refractivity contribution is -0.135. The number of hydrogen-bond acceptors (Lipinski definition) is 2. The zero-order chi connectivity index (χ0) is 13.9. The molecule has 0 radical (unpaired) electrons. The van der Waals surface area contributed by atoms with Crippen LogP contribution in [0.15, 0.2) is 0 Å². The van der Waals surface area contributed by atoms with Gasteiger partial charge in [0.15, 0.2) is 0 Å². The molecule has 1 amide bonds. The van der Waals surface area contributed by atoms with Crippen LogP contribution >= 0.6 is 0 Å². The van der Waals surface area contributed by atoms with Crippen LogP contribution in [0.1, 0.15) is 65.2 Å². The van der Waals surface area contributed by atoms with Gasteiger partial charge in [-0.3, -0.25) is 4.79 Å². The minimum Gasteiger partial charge on any atom is -0.343 e. The Kier molecular flexibility index (Phi) is 4.54. The maximum atomic E-state index is 12.5. The summed E-state index contributed by atoms with van der Waals surface area (Å²) in [6.45, 7) is 6.52. The normalized spacial score (nSPS) is 26.2. The molecule has 1 N–H and O–H groups in total. The van der Waals surface area contributed by atoms with Crippen LogP contribution in [0.25, 0.3) is 0 Å². The van der Waals surface area contributed by atoms with E-state index in [-0.39, 0.29) is 5.54 Å². The third kappa shape index (κ3) is 3.71. The van der Waals surface area contributed by atoms with Crippen LogP contribution in [0.5, 0.6) is 0 Å². The summed E-state index contributed by atoms with van der Waals surface area (Å²) in [5.74, 6) is 0.367. The third-order valence-electron chi connectivity index (χ3n) is 5.30. The summed E-state index contributed by atoms with van der Waals surface area (Å²) in [6.07, 6.45) is 9.17. The van der Waals surface area contributed by atoms with E-state index in [4.69, 9.17) is 0 Å². The van der Waals surface area contributed by atoms with Gasteiger partial charge in [0.25, 0.3) is 0 Å². The molecule has 0 spiro atoms. The topological polar surface area (TPSA) is 32.3 Å². The summed E-state index contributed by atoms with van der Waals surface area (Å²) >= 11 is 0. The molecule has 3 nitrogen and oxygen atoms in total. The van der Waals surface area contributed by atoms with Crippen molar-refractivity contribution in [2.24, 2.45) is 5.41 Å². The molecular weight excluding hydrogens is 236 g/mol. The lowest BCUT2D eigenvalue weighted by Gasteiger charge is -2.41. The number of piperidine rings is 1. The predicted octanol–water partition coefficient (Wildman–Crippen LogP) is 2.95. The zero-order valence-corrected chi connectivity index (χ0v) is 12.9. The van der Waals surface area contributed by atoms with Crippen LogP contribution in [0.3, 0.4) is 0 Å². The van der Waals surface area contributed by atoms with E-state index >= 15 is 0 Å². The summed E-state index contributed by atoms with van der Waals surface area (Å²) < 4.78 is 0. The lowest BCUT2D eigenvalue weighted by Crippen LogP contribution is -2.50. The molecule has 2 aliphatic rings. The van der Waals surface area contributed by atoms with Crippen molar-refractivity contribution in [3.63, 3.8) is 0 Å². The number of carbonyl (C=O) groups is 1. The Morgan fingerprint density at radius 2 is 1.63 bits per heavy atom. The van der Waals surface area contributed by atoms with Gasteiger partial charge in [-0.05, 0) is 38.1 Å². The molecule has 0 unspecified atom stereocenters. The van der Waals surface area contributed by atoms with Crippen molar-refractivity contribution in [1.29, 1.82) is 0 Å². The van der Waals surface area contributed by atoms with Crippen LogP contribution in [0.2, 0.25) is 0 Å². The molecule has 1 saturated carbocycles. The number of amides is 1. The number of nitrogens with one attached hydrogen (secondary N) is 1. The molecular formula is C16H30N2O. The second kappa shape index (κ2) is 5.82. The molecule has 1 saturated heterocycles. The van der Waals surface area contributed by atoms with Crippen molar-refractivity contribution in [3.05, 3.63) is 0 Å². The molecule has 1 aliphatic heterocycles. The Balaban J connectivity index is 1.89. The van der Waals surface area contributed by atoms with Gasteiger partial charge in [0.2, 0.25) is 5.91 Å². The molecule has 0 aromatic heterocycles. The number of rotatable bonds is 3. The number of hydrogen-bond donors (Lipinski definition) is 1. The van der Waals surface area contributed by atoms with Gasteiger partial charge in [0.1, 0.15) is 0 Å². The van der Waals surface area contributed by atoms with Gasteiger partial charge < -0.3 is 10.2 Å². The molecule has 19 heavy (non-hydrogen) atoms. The van der Waals surface area contributed by atoms with Gasteiger partial charge >= 0.3 is 0 Å². The van der Waals surface area contributed by atoms with Crippen molar-refractivity contribution in [1.82, 2.24) is 10.2 Å². The first-order valence-corrected chi connectivity index (χ1v) is 7.93. The number of nitrogens with zero attached hydrogens (tertiary/aromatic N) is 1. The fourth-order valence-corrected chi connectivity index (χ4v) is 3.51. The molecule has 2 rings (SSSR count). The van der Waals surface area contributed by atoms with Crippen molar-refractivity contribution in [3.8, 4) is 0 Å². The van der Waals surface area contributed by atoms with Gasteiger partial charge in [-0.15, -0.1) is 0 Å². The summed E-state index contributed by atoms with van der Waals surface area (Å²) in [7, 11) is 2.03. The van der Waals surface area contributed by atoms with E-state index in [0.29, 0.717) is 17.7 Å². The summed E-state index contributed by atoms with van der Waals surface area (Å²) in [5.41, 5.74) is 0.505. The Morgan fingerprint density at radius 3 is 2.16 bits per heavy atom. The van der Waals surface area contributed by atoms with E-state index < -0.39 is 0 Å². The van der Waals surface area contributed by atoms with Crippen molar-refractivity contribution in [2.75, 3.05) is 20.1 Å². The van der Waals surface area contributed by atoms with Crippen LogP contribution in [-0.4, -0.2) is 36.5 Å². The first-order chi connectivity index (χ1) is 8.96. The minimum atomic E-state index is 0.0856. The predicted molar refractivity (Wildman–Crippen MR) is 79.1 cm³/mol. The first-order valence-electron chi connectivity index (χ1n) is 7.93. The first kappa shape index (κ1) is 14.8. The molecule has 0 bridgehead atoms. The summed E-state index contributed by atoms with van der Waals surface area (Å²) in [5, 5.41) is 3.46. The second-order valence-electron chi connectivity index (χ2n) is 7.31. The van der Waals surface area contributed by atoms with Crippen molar-refractivity contribution in [2.45, 2.75) is 70.8 Å². The monoisotopic (exact) mass is 266 g/mol. The average molecular weight is 266 g/mol. The van der Waals surface area contributed by atoms with Crippen molar-refractivity contribution >= 4 is 5.91 Å². The molecule has 1 aliphatic carbocycles. The van der Waals surface area contributed by atoms with Gasteiger partial charge in [-0.2, -0.15) is 0 Å². The van der Waals surface area contributed by atoms with E-state index in [2.05, 4.69) is 24.1 Å². The SMILES string of the molecule is CNC1(CC(=O)N2CCC(C)(C)CC2)CCCCC1. The Morgan fingerprint density at radius 1 is 1.05 bits per heavy atom. The maximum absolute atomic E-state index is 12.5. The number of carbonyl (C=O) groups excluding carboxylic acids is 1. The second-order valence-corrected chi connectivity index (χ2v) is 7.31.